The van der Waals surface area contributed by atoms with Crippen LogP contribution in [0.5, 0.6) is 5.75 Å². The van der Waals surface area contributed by atoms with Crippen LogP contribution in [-0.2, 0) is 21.4 Å². The van der Waals surface area contributed by atoms with Crippen molar-refractivity contribution >= 4 is 21.8 Å². The average Bonchev–Trinajstić information content (AvgIpc) is 2.74. The van der Waals surface area contributed by atoms with Crippen molar-refractivity contribution in [2.45, 2.75) is 6.54 Å². The van der Waals surface area contributed by atoms with Crippen molar-refractivity contribution < 1.29 is 28.0 Å². The Morgan fingerprint density at radius 1 is 1.42 bits per heavy atom. The zero-order chi connectivity index (χ0) is 17.9. The molecular weight excluding hydrogens is 338 g/mol. The topological polar surface area (TPSA) is 116 Å². The number of hydrogen-bond acceptors (Lipinski definition) is 6. The number of likely N-dealkylation sites (N-methyl/N-ethyl adjacent to an activating group) is 1. The highest BCUT2D eigenvalue weighted by Gasteiger charge is 2.24. The number of fused-ring (bicyclic) bond motifs is 1. The quantitative estimate of drug-likeness (QED) is 0.550. The molecule has 2 N–H and O–H groups in total. The van der Waals surface area contributed by atoms with E-state index in [1.54, 1.807) is 11.5 Å². The zero-order valence-electron chi connectivity index (χ0n) is 13.4. The number of rotatable bonds is 4. The van der Waals surface area contributed by atoms with Crippen molar-refractivity contribution in [2.75, 3.05) is 33.0 Å². The van der Waals surface area contributed by atoms with E-state index >= 15 is 0 Å². The van der Waals surface area contributed by atoms with Crippen LogP contribution in [0.1, 0.15) is 15.9 Å². The predicted octanol–water partition coefficient (Wildman–Crippen LogP) is -0.582. The number of carbonyl (C=O) groups excluding carboxylic acids is 2. The summed E-state index contributed by atoms with van der Waals surface area (Å²) < 4.78 is 29.4. The summed E-state index contributed by atoms with van der Waals surface area (Å²) >= 11 is 0. The Hall–Kier alpha value is -2.17. The third kappa shape index (κ3) is 4.22. The summed E-state index contributed by atoms with van der Waals surface area (Å²) in [5.41, 5.74) is 2.47. The summed E-state index contributed by atoms with van der Waals surface area (Å²) in [6.07, 6.45) is 1.04. The van der Waals surface area contributed by atoms with Gasteiger partial charge in [0.25, 0.3) is 5.91 Å². The summed E-state index contributed by atoms with van der Waals surface area (Å²) in [5, 5.41) is 8.67. The number of nitrogens with one attached hydrogen (secondary N) is 1. The Kier molecular flexibility index (Phi) is 5.42. The van der Waals surface area contributed by atoms with Gasteiger partial charge in [0.2, 0.25) is 15.9 Å². The Morgan fingerprint density at radius 2 is 2.12 bits per heavy atom. The molecule has 0 fully saturated rings. The van der Waals surface area contributed by atoms with E-state index in [0.29, 0.717) is 17.9 Å². The standard InChI is InChI=1S/C14H19N3O6S/c1-16(24(2,21)22)9-13(18)17-5-6-23-12-7-10(14(19)15-20)3-4-11(12)8-17/h3-4,7,20H,5-6,8-9H2,1-2H3,(H,15,19). The molecule has 0 unspecified atom stereocenters. The van der Waals surface area contributed by atoms with Gasteiger partial charge in [-0.15, -0.1) is 0 Å². The van der Waals surface area contributed by atoms with Crippen molar-refractivity contribution in [1.29, 1.82) is 0 Å². The van der Waals surface area contributed by atoms with E-state index in [1.807, 2.05) is 0 Å². The molecule has 2 amide bonds. The first kappa shape index (κ1) is 18.2. The molecule has 0 bridgehead atoms. The number of amides is 2. The Bertz CT molecular complexity index is 749. The van der Waals surface area contributed by atoms with E-state index in [-0.39, 0.29) is 31.2 Å². The first-order valence-electron chi connectivity index (χ1n) is 7.11. The van der Waals surface area contributed by atoms with Gasteiger partial charge in [-0.1, -0.05) is 6.07 Å². The predicted molar refractivity (Wildman–Crippen MR) is 84.1 cm³/mol. The number of hydroxylamine groups is 1. The highest BCUT2D eigenvalue weighted by molar-refractivity contribution is 7.88. The Labute approximate surface area is 139 Å². The molecular formula is C14H19N3O6S. The lowest BCUT2D eigenvalue weighted by Crippen LogP contribution is -2.41. The SMILES string of the molecule is CN(CC(=O)N1CCOc2cc(C(=O)NO)ccc2C1)S(C)(=O)=O. The van der Waals surface area contributed by atoms with Crippen LogP contribution in [0.15, 0.2) is 18.2 Å². The molecule has 0 aromatic heterocycles. The average molecular weight is 357 g/mol. The van der Waals surface area contributed by atoms with E-state index < -0.39 is 15.9 Å². The molecule has 1 aromatic rings. The highest BCUT2D eigenvalue weighted by Crippen LogP contribution is 2.24. The Balaban J connectivity index is 2.15. The molecule has 2 rings (SSSR count). The molecule has 0 aliphatic carbocycles. The van der Waals surface area contributed by atoms with Crippen LogP contribution in [0.2, 0.25) is 0 Å². The van der Waals surface area contributed by atoms with Crippen LogP contribution in [-0.4, -0.2) is 67.6 Å². The van der Waals surface area contributed by atoms with Crippen LogP contribution in [0.3, 0.4) is 0 Å². The van der Waals surface area contributed by atoms with E-state index in [0.717, 1.165) is 10.6 Å². The molecule has 0 spiro atoms. The second kappa shape index (κ2) is 7.16. The number of benzene rings is 1. The molecule has 132 valence electrons. The smallest absolute Gasteiger partial charge is 0.274 e. The maximum Gasteiger partial charge on any atom is 0.274 e. The summed E-state index contributed by atoms with van der Waals surface area (Å²) in [5.74, 6) is -0.548. The summed E-state index contributed by atoms with van der Waals surface area (Å²) in [4.78, 5) is 25.2. The van der Waals surface area contributed by atoms with Gasteiger partial charge < -0.3 is 9.64 Å². The normalized spacial score (nSPS) is 14.6. The molecule has 1 aliphatic heterocycles. The molecule has 0 saturated heterocycles. The Morgan fingerprint density at radius 3 is 2.75 bits per heavy atom. The lowest BCUT2D eigenvalue weighted by molar-refractivity contribution is -0.131. The fraction of sp³-hybridized carbons (Fsp3) is 0.429. The third-order valence-corrected chi connectivity index (χ3v) is 4.95. The number of nitrogens with zero attached hydrogens (tertiary/aromatic N) is 2. The van der Waals surface area contributed by atoms with Crippen molar-refractivity contribution in [3.63, 3.8) is 0 Å². The van der Waals surface area contributed by atoms with E-state index in [4.69, 9.17) is 9.94 Å². The molecule has 0 atom stereocenters. The third-order valence-electron chi connectivity index (χ3n) is 3.69. The van der Waals surface area contributed by atoms with Gasteiger partial charge in [-0.2, -0.15) is 4.31 Å². The largest absolute Gasteiger partial charge is 0.491 e. The minimum absolute atomic E-state index is 0.214. The maximum atomic E-state index is 12.3. The van der Waals surface area contributed by atoms with Crippen LogP contribution in [0.4, 0.5) is 0 Å². The summed E-state index contributed by atoms with van der Waals surface area (Å²) in [6.45, 7) is 0.504. The van der Waals surface area contributed by atoms with Gasteiger partial charge in [0.1, 0.15) is 12.4 Å². The van der Waals surface area contributed by atoms with E-state index in [9.17, 15) is 18.0 Å². The van der Waals surface area contributed by atoms with Gasteiger partial charge in [-0.3, -0.25) is 14.8 Å². The van der Waals surface area contributed by atoms with Crippen LogP contribution < -0.4 is 10.2 Å². The number of hydrogen-bond donors (Lipinski definition) is 2. The van der Waals surface area contributed by atoms with Gasteiger partial charge in [0.15, 0.2) is 0 Å². The second-order valence-corrected chi connectivity index (χ2v) is 7.54. The minimum atomic E-state index is -3.44. The zero-order valence-corrected chi connectivity index (χ0v) is 14.2. The van der Waals surface area contributed by atoms with Gasteiger partial charge >= 0.3 is 0 Å². The van der Waals surface area contributed by atoms with Crippen LogP contribution in [0.25, 0.3) is 0 Å². The maximum absolute atomic E-state index is 12.3. The first-order chi connectivity index (χ1) is 11.2. The molecule has 1 aliphatic rings. The van der Waals surface area contributed by atoms with Gasteiger partial charge in [0.05, 0.1) is 19.3 Å². The van der Waals surface area contributed by atoms with E-state index in [1.165, 1.54) is 24.1 Å². The fourth-order valence-corrected chi connectivity index (χ4v) is 2.54. The molecule has 9 nitrogen and oxygen atoms in total. The molecule has 1 heterocycles. The van der Waals surface area contributed by atoms with Crippen molar-refractivity contribution in [1.82, 2.24) is 14.7 Å². The lowest BCUT2D eigenvalue weighted by Gasteiger charge is -2.22. The molecule has 24 heavy (non-hydrogen) atoms. The molecule has 1 aromatic carbocycles. The van der Waals surface area contributed by atoms with Crippen molar-refractivity contribution in [3.8, 4) is 5.75 Å². The number of ether oxygens (including phenoxy) is 1. The number of carbonyl (C=O) groups is 2. The molecule has 0 saturated carbocycles. The van der Waals surface area contributed by atoms with Crippen LogP contribution >= 0.6 is 0 Å². The van der Waals surface area contributed by atoms with Gasteiger partial charge in [0, 0.05) is 24.7 Å². The highest BCUT2D eigenvalue weighted by atomic mass is 32.2. The monoisotopic (exact) mass is 357 g/mol. The lowest BCUT2D eigenvalue weighted by atomic mass is 10.1. The summed E-state index contributed by atoms with van der Waals surface area (Å²) in [7, 11) is -2.10. The molecule has 10 heteroatoms. The van der Waals surface area contributed by atoms with Gasteiger partial charge in [-0.05, 0) is 12.1 Å². The number of sulfonamides is 1. The fourth-order valence-electron chi connectivity index (χ4n) is 2.20. The van der Waals surface area contributed by atoms with Crippen LogP contribution in [0, 0.1) is 0 Å². The first-order valence-corrected chi connectivity index (χ1v) is 8.96. The van der Waals surface area contributed by atoms with Gasteiger partial charge in [-0.25, -0.2) is 13.9 Å². The molecule has 0 radical (unpaired) electrons. The van der Waals surface area contributed by atoms with E-state index in [2.05, 4.69) is 0 Å². The van der Waals surface area contributed by atoms with Crippen molar-refractivity contribution in [2.24, 2.45) is 0 Å². The minimum Gasteiger partial charge on any atom is -0.491 e. The van der Waals surface area contributed by atoms with Crippen molar-refractivity contribution in [3.05, 3.63) is 29.3 Å². The second-order valence-electron chi connectivity index (χ2n) is 5.45. The summed E-state index contributed by atoms with van der Waals surface area (Å²) in [6, 6.07) is 4.62.